The number of carbonyl (C=O) groups excluding carboxylic acids is 1. The van der Waals surface area contributed by atoms with E-state index in [4.69, 9.17) is 11.6 Å². The molecule has 0 aromatic heterocycles. The highest BCUT2D eigenvalue weighted by molar-refractivity contribution is 7.99. The van der Waals surface area contributed by atoms with E-state index in [-0.39, 0.29) is 16.2 Å². The first kappa shape index (κ1) is 16.8. The van der Waals surface area contributed by atoms with Crippen molar-refractivity contribution >= 4 is 29.3 Å². The summed E-state index contributed by atoms with van der Waals surface area (Å²) in [6.45, 7) is 0.783. The number of amides is 1. The number of alkyl halides is 1. The van der Waals surface area contributed by atoms with Crippen molar-refractivity contribution in [2.45, 2.75) is 54.7 Å². The summed E-state index contributed by atoms with van der Waals surface area (Å²) in [4.78, 5) is 14.1. The molecule has 2 nitrogen and oxygen atoms in total. The van der Waals surface area contributed by atoms with Gasteiger partial charge in [-0.3, -0.25) is 4.79 Å². The van der Waals surface area contributed by atoms with Crippen LogP contribution in [0.5, 0.6) is 0 Å². The van der Waals surface area contributed by atoms with Crippen LogP contribution in [0.15, 0.2) is 35.2 Å². The molecule has 2 unspecified atom stereocenters. The van der Waals surface area contributed by atoms with Gasteiger partial charge in [-0.1, -0.05) is 18.2 Å². The summed E-state index contributed by atoms with van der Waals surface area (Å²) in [6, 6.07) is 10.5. The lowest BCUT2D eigenvalue weighted by molar-refractivity contribution is -0.144. The van der Waals surface area contributed by atoms with Gasteiger partial charge in [0.1, 0.15) is 0 Å². The van der Waals surface area contributed by atoms with Gasteiger partial charge in [0.05, 0.1) is 5.41 Å². The number of halogens is 1. The molecule has 4 aliphatic rings. The first-order valence-electron chi connectivity index (χ1n) is 9.22. The Balaban J connectivity index is 1.26. The van der Waals surface area contributed by atoms with Crippen molar-refractivity contribution in [1.29, 1.82) is 0 Å². The highest BCUT2D eigenvalue weighted by Crippen LogP contribution is 2.63. The molecule has 1 aromatic carbocycles. The predicted octanol–water partition coefficient (Wildman–Crippen LogP) is 4.86. The van der Waals surface area contributed by atoms with Crippen LogP contribution in [-0.4, -0.2) is 23.1 Å². The zero-order valence-electron chi connectivity index (χ0n) is 14.1. The fraction of sp³-hybridized carbons (Fsp3) is 0.650. The molecule has 4 bridgehead atoms. The van der Waals surface area contributed by atoms with Crippen LogP contribution in [0.1, 0.15) is 44.9 Å². The van der Waals surface area contributed by atoms with Gasteiger partial charge in [-0.25, -0.2) is 0 Å². The molecule has 0 heterocycles. The van der Waals surface area contributed by atoms with E-state index in [1.807, 2.05) is 17.8 Å². The second kappa shape index (κ2) is 6.57. The van der Waals surface area contributed by atoms with Crippen molar-refractivity contribution < 1.29 is 4.79 Å². The van der Waals surface area contributed by atoms with Crippen LogP contribution < -0.4 is 5.32 Å². The lowest BCUT2D eigenvalue weighted by atomic mass is 9.49. The van der Waals surface area contributed by atoms with Crippen LogP contribution >= 0.6 is 23.4 Å². The quantitative estimate of drug-likeness (QED) is 0.444. The summed E-state index contributed by atoms with van der Waals surface area (Å²) in [6.07, 6.45) is 7.63. The van der Waals surface area contributed by atoms with Crippen molar-refractivity contribution in [3.05, 3.63) is 30.3 Å². The molecule has 0 spiro atoms. The minimum atomic E-state index is -0.154. The lowest BCUT2D eigenvalue weighted by Gasteiger charge is -2.59. The minimum Gasteiger partial charge on any atom is -0.356 e. The molecule has 4 fully saturated rings. The standard InChI is InChI=1S/C20H26ClNOS/c21-20-12-15-9-16(13-20)11-19(10-15,14-20)18(23)22-7-4-8-24-17-5-2-1-3-6-17/h1-3,5-6,15-16H,4,7-14H2,(H,22,23)/t15-,16+,19?,20?. The normalized spacial score (nSPS) is 36.7. The SMILES string of the molecule is O=C(NCCCSc1ccccc1)C12C[C@@H]3C[C@@H](CC(Cl)(C3)C1)C2. The molecular formula is C20H26ClNOS. The zero-order chi connectivity index (χ0) is 16.6. The Bertz CT molecular complexity index is 591. The second-order valence-corrected chi connectivity index (χ2v) is 10.1. The Hall–Kier alpha value is -0.670. The van der Waals surface area contributed by atoms with Crippen LogP contribution in [0.25, 0.3) is 0 Å². The van der Waals surface area contributed by atoms with Gasteiger partial charge in [0.15, 0.2) is 0 Å². The number of carbonyl (C=O) groups is 1. The van der Waals surface area contributed by atoms with E-state index in [0.29, 0.717) is 11.8 Å². The third kappa shape index (κ3) is 3.35. The summed E-state index contributed by atoms with van der Waals surface area (Å²) in [5.41, 5.74) is -0.154. The van der Waals surface area contributed by atoms with Gasteiger partial charge in [0.2, 0.25) is 5.91 Å². The van der Waals surface area contributed by atoms with Gasteiger partial charge in [0, 0.05) is 16.3 Å². The first-order chi connectivity index (χ1) is 11.6. The molecule has 4 aliphatic carbocycles. The molecule has 24 heavy (non-hydrogen) atoms. The molecule has 0 saturated heterocycles. The number of rotatable bonds is 6. The highest BCUT2D eigenvalue weighted by atomic mass is 35.5. The number of thioether (sulfide) groups is 1. The Labute approximate surface area is 154 Å². The van der Waals surface area contributed by atoms with Crippen LogP contribution in [0.2, 0.25) is 0 Å². The maximum absolute atomic E-state index is 12.9. The fourth-order valence-corrected chi connectivity index (χ4v) is 7.15. The van der Waals surface area contributed by atoms with E-state index in [1.54, 1.807) is 0 Å². The van der Waals surface area contributed by atoms with Crippen LogP contribution in [0.3, 0.4) is 0 Å². The molecule has 130 valence electrons. The molecule has 0 radical (unpaired) electrons. The van der Waals surface area contributed by atoms with Gasteiger partial charge >= 0.3 is 0 Å². The highest BCUT2D eigenvalue weighted by Gasteiger charge is 2.59. The van der Waals surface area contributed by atoms with Gasteiger partial charge in [-0.05, 0) is 74.7 Å². The number of benzene rings is 1. The average molecular weight is 364 g/mol. The largest absolute Gasteiger partial charge is 0.356 e. The molecule has 1 N–H and O–H groups in total. The molecule has 4 saturated carbocycles. The fourth-order valence-electron chi connectivity index (χ4n) is 5.58. The topological polar surface area (TPSA) is 29.1 Å². The predicted molar refractivity (Wildman–Crippen MR) is 100 cm³/mol. The summed E-state index contributed by atoms with van der Waals surface area (Å²) < 4.78 is 0. The van der Waals surface area contributed by atoms with Crippen molar-refractivity contribution in [2.24, 2.45) is 17.3 Å². The Morgan fingerprint density at radius 1 is 1.17 bits per heavy atom. The Morgan fingerprint density at radius 2 is 1.88 bits per heavy atom. The second-order valence-electron chi connectivity index (χ2n) is 8.16. The molecule has 1 aromatic rings. The monoisotopic (exact) mass is 363 g/mol. The van der Waals surface area contributed by atoms with Gasteiger partial charge in [0.25, 0.3) is 0 Å². The van der Waals surface area contributed by atoms with E-state index in [2.05, 4.69) is 29.6 Å². The van der Waals surface area contributed by atoms with E-state index in [0.717, 1.165) is 50.8 Å². The van der Waals surface area contributed by atoms with Crippen molar-refractivity contribution in [3.8, 4) is 0 Å². The molecule has 1 amide bonds. The third-order valence-corrected chi connectivity index (χ3v) is 7.63. The summed E-state index contributed by atoms with van der Waals surface area (Å²) in [5.74, 6) is 2.69. The molecule has 5 rings (SSSR count). The summed E-state index contributed by atoms with van der Waals surface area (Å²) >= 11 is 8.69. The minimum absolute atomic E-state index is 0.0788. The molecular weight excluding hydrogens is 338 g/mol. The average Bonchev–Trinajstić information content (AvgIpc) is 2.53. The van der Waals surface area contributed by atoms with Gasteiger partial charge in [-0.2, -0.15) is 0 Å². The molecule has 4 heteroatoms. The van der Waals surface area contributed by atoms with E-state index in [9.17, 15) is 4.79 Å². The van der Waals surface area contributed by atoms with Gasteiger partial charge < -0.3 is 5.32 Å². The maximum Gasteiger partial charge on any atom is 0.226 e. The van der Waals surface area contributed by atoms with Crippen LogP contribution in [-0.2, 0) is 4.79 Å². The Kier molecular flexibility index (Phi) is 4.59. The van der Waals surface area contributed by atoms with Crippen molar-refractivity contribution in [1.82, 2.24) is 5.32 Å². The van der Waals surface area contributed by atoms with E-state index >= 15 is 0 Å². The van der Waals surface area contributed by atoms with Gasteiger partial charge in [-0.15, -0.1) is 23.4 Å². The van der Waals surface area contributed by atoms with Crippen molar-refractivity contribution in [3.63, 3.8) is 0 Å². The number of nitrogens with one attached hydrogen (secondary N) is 1. The molecule has 0 aliphatic heterocycles. The number of hydrogen-bond donors (Lipinski definition) is 1. The zero-order valence-corrected chi connectivity index (χ0v) is 15.7. The Morgan fingerprint density at radius 3 is 2.54 bits per heavy atom. The van der Waals surface area contributed by atoms with E-state index < -0.39 is 0 Å². The van der Waals surface area contributed by atoms with Crippen molar-refractivity contribution in [2.75, 3.05) is 12.3 Å². The lowest BCUT2D eigenvalue weighted by Crippen LogP contribution is -2.58. The van der Waals surface area contributed by atoms with E-state index in [1.165, 1.54) is 11.3 Å². The van der Waals surface area contributed by atoms with Crippen LogP contribution in [0, 0.1) is 17.3 Å². The summed E-state index contributed by atoms with van der Waals surface area (Å²) in [5, 5.41) is 3.23. The maximum atomic E-state index is 12.9. The smallest absolute Gasteiger partial charge is 0.226 e. The summed E-state index contributed by atoms with van der Waals surface area (Å²) in [7, 11) is 0. The number of hydrogen-bond acceptors (Lipinski definition) is 2. The molecule has 4 atom stereocenters. The van der Waals surface area contributed by atoms with Crippen LogP contribution in [0.4, 0.5) is 0 Å². The first-order valence-corrected chi connectivity index (χ1v) is 10.6. The third-order valence-electron chi connectivity index (χ3n) is 6.09.